The Morgan fingerprint density at radius 1 is 0.963 bits per heavy atom. The zero-order chi connectivity index (χ0) is 19.2. The highest BCUT2D eigenvalue weighted by Crippen LogP contribution is 2.24. The summed E-state index contributed by atoms with van der Waals surface area (Å²) in [5.74, 6) is 0.207. The van der Waals surface area contributed by atoms with Crippen LogP contribution in [0.15, 0.2) is 42.5 Å². The number of para-hydroxylation sites is 1. The highest BCUT2D eigenvalue weighted by molar-refractivity contribution is 7.18. The van der Waals surface area contributed by atoms with Crippen LogP contribution < -0.4 is 16.0 Å². The summed E-state index contributed by atoms with van der Waals surface area (Å²) < 4.78 is 0. The van der Waals surface area contributed by atoms with E-state index in [0.717, 1.165) is 11.4 Å². The minimum Gasteiger partial charge on any atom is -0.308 e. The number of amides is 3. The second kappa shape index (κ2) is 8.74. The van der Waals surface area contributed by atoms with Gasteiger partial charge in [-0.2, -0.15) is 0 Å². The lowest BCUT2D eigenvalue weighted by Gasteiger charge is -2.05. The van der Waals surface area contributed by atoms with E-state index in [9.17, 15) is 9.59 Å². The fraction of sp³-hybridized carbons (Fsp3) is 0.222. The molecule has 0 unspecified atom stereocenters. The molecule has 140 valence electrons. The fourth-order valence-corrected chi connectivity index (χ4v) is 3.96. The number of thiophene rings is 1. The van der Waals surface area contributed by atoms with E-state index in [0.29, 0.717) is 26.6 Å². The average Bonchev–Trinajstić information content (AvgIpc) is 3.25. The molecule has 0 spiro atoms. The van der Waals surface area contributed by atoms with E-state index in [1.807, 2.05) is 18.2 Å². The molecule has 2 aromatic heterocycles. The van der Waals surface area contributed by atoms with Crippen LogP contribution in [0.4, 0.5) is 20.6 Å². The van der Waals surface area contributed by atoms with Gasteiger partial charge >= 0.3 is 6.03 Å². The number of aromatic nitrogens is 2. The van der Waals surface area contributed by atoms with E-state index >= 15 is 0 Å². The molecular formula is C18H19N5O2S2. The first-order chi connectivity index (χ1) is 13.0. The molecule has 0 saturated heterocycles. The van der Waals surface area contributed by atoms with Crippen LogP contribution in [0.5, 0.6) is 0 Å². The van der Waals surface area contributed by atoms with E-state index in [4.69, 9.17) is 0 Å². The van der Waals surface area contributed by atoms with Gasteiger partial charge in [-0.05, 0) is 30.2 Å². The average molecular weight is 402 g/mol. The quantitative estimate of drug-likeness (QED) is 0.558. The molecule has 9 heteroatoms. The molecule has 0 aliphatic heterocycles. The first-order valence-electron chi connectivity index (χ1n) is 8.36. The molecule has 0 fully saturated rings. The molecule has 3 amide bonds. The van der Waals surface area contributed by atoms with Crippen LogP contribution in [-0.2, 0) is 6.42 Å². The maximum atomic E-state index is 12.3. The lowest BCUT2D eigenvalue weighted by atomic mass is 10.1. The Bertz CT molecular complexity index is 921. The van der Waals surface area contributed by atoms with Crippen LogP contribution in [-0.4, -0.2) is 22.1 Å². The molecule has 1 aromatic carbocycles. The molecule has 0 aliphatic rings. The molecule has 3 aromatic rings. The van der Waals surface area contributed by atoms with E-state index in [1.54, 1.807) is 24.3 Å². The summed E-state index contributed by atoms with van der Waals surface area (Å²) >= 11 is 2.56. The molecule has 3 rings (SSSR count). The number of carbonyl (C=O) groups excluding carboxylic acids is 2. The predicted molar refractivity (Wildman–Crippen MR) is 110 cm³/mol. The number of carbonyl (C=O) groups is 2. The number of anilines is 3. The summed E-state index contributed by atoms with van der Waals surface area (Å²) in [7, 11) is 0. The minimum atomic E-state index is -0.363. The van der Waals surface area contributed by atoms with Gasteiger partial charge < -0.3 is 5.32 Å². The zero-order valence-corrected chi connectivity index (χ0v) is 16.5. The van der Waals surface area contributed by atoms with Gasteiger partial charge in [0.1, 0.15) is 5.01 Å². The smallest absolute Gasteiger partial charge is 0.308 e. The number of urea groups is 1. The number of benzene rings is 1. The van der Waals surface area contributed by atoms with Gasteiger partial charge in [-0.15, -0.1) is 21.5 Å². The standard InChI is InChI=1S/C18H19N5O2S2/c1-11(2)10-15-22-23-18(27-15)21-16(24)13-8-9-14(26-13)20-17(25)19-12-6-4-3-5-7-12/h3-9,11H,10H2,1-2H3,(H2,19,20,25)(H,21,23,24). The van der Waals surface area contributed by atoms with Crippen molar-refractivity contribution in [1.29, 1.82) is 0 Å². The molecule has 0 bridgehead atoms. The molecule has 0 atom stereocenters. The van der Waals surface area contributed by atoms with Crippen molar-refractivity contribution in [2.24, 2.45) is 5.92 Å². The van der Waals surface area contributed by atoms with Gasteiger partial charge in [0.15, 0.2) is 0 Å². The Balaban J connectivity index is 1.55. The van der Waals surface area contributed by atoms with Crippen LogP contribution in [0.3, 0.4) is 0 Å². The van der Waals surface area contributed by atoms with Crippen molar-refractivity contribution >= 4 is 50.4 Å². The number of rotatable bonds is 6. The lowest BCUT2D eigenvalue weighted by molar-refractivity contribution is 0.103. The zero-order valence-electron chi connectivity index (χ0n) is 14.9. The largest absolute Gasteiger partial charge is 0.324 e. The van der Waals surface area contributed by atoms with Gasteiger partial charge in [0, 0.05) is 12.1 Å². The maximum Gasteiger partial charge on any atom is 0.324 e. The molecule has 0 saturated carbocycles. The Morgan fingerprint density at radius 3 is 2.48 bits per heavy atom. The summed E-state index contributed by atoms with van der Waals surface area (Å²) in [5.41, 5.74) is 0.693. The molecule has 7 nitrogen and oxygen atoms in total. The van der Waals surface area contributed by atoms with Gasteiger partial charge in [-0.3, -0.25) is 15.4 Å². The third-order valence-corrected chi connectivity index (χ3v) is 5.23. The van der Waals surface area contributed by atoms with Crippen molar-refractivity contribution in [3.05, 3.63) is 52.3 Å². The van der Waals surface area contributed by atoms with Crippen molar-refractivity contribution in [3.8, 4) is 0 Å². The predicted octanol–water partition coefficient (Wildman–Crippen LogP) is 4.69. The number of hydrogen-bond donors (Lipinski definition) is 3. The minimum absolute atomic E-state index is 0.274. The van der Waals surface area contributed by atoms with Gasteiger partial charge in [0.2, 0.25) is 5.13 Å². The van der Waals surface area contributed by atoms with Crippen molar-refractivity contribution < 1.29 is 9.59 Å². The van der Waals surface area contributed by atoms with Crippen LogP contribution in [0.2, 0.25) is 0 Å². The second-order valence-corrected chi connectivity index (χ2v) is 8.31. The third-order valence-electron chi connectivity index (χ3n) is 3.37. The van der Waals surface area contributed by atoms with Crippen LogP contribution in [0.1, 0.15) is 28.5 Å². The Hall–Kier alpha value is -2.78. The van der Waals surface area contributed by atoms with Crippen molar-refractivity contribution in [2.45, 2.75) is 20.3 Å². The van der Waals surface area contributed by atoms with E-state index < -0.39 is 0 Å². The molecular weight excluding hydrogens is 382 g/mol. The summed E-state index contributed by atoms with van der Waals surface area (Å²) in [5, 5.41) is 18.2. The van der Waals surface area contributed by atoms with Gasteiger partial charge in [0.25, 0.3) is 5.91 Å². The maximum absolute atomic E-state index is 12.3. The van der Waals surface area contributed by atoms with Gasteiger partial charge in [-0.1, -0.05) is 43.4 Å². The fourth-order valence-electron chi connectivity index (χ4n) is 2.22. The summed E-state index contributed by atoms with van der Waals surface area (Å²) in [6, 6.07) is 12.1. The Labute approximate surface area is 164 Å². The summed E-state index contributed by atoms with van der Waals surface area (Å²) in [6.45, 7) is 4.21. The SMILES string of the molecule is CC(C)Cc1nnc(NC(=O)c2ccc(NC(=O)Nc3ccccc3)s2)s1. The van der Waals surface area contributed by atoms with Crippen LogP contribution in [0, 0.1) is 5.92 Å². The Kier molecular flexibility index (Phi) is 6.15. The number of nitrogens with one attached hydrogen (secondary N) is 3. The van der Waals surface area contributed by atoms with Crippen molar-refractivity contribution in [1.82, 2.24) is 10.2 Å². The molecule has 0 aliphatic carbocycles. The molecule has 2 heterocycles. The van der Waals surface area contributed by atoms with Crippen LogP contribution in [0.25, 0.3) is 0 Å². The van der Waals surface area contributed by atoms with Gasteiger partial charge in [0.05, 0.1) is 9.88 Å². The van der Waals surface area contributed by atoms with Crippen molar-refractivity contribution in [2.75, 3.05) is 16.0 Å². The van der Waals surface area contributed by atoms with E-state index in [1.165, 1.54) is 22.7 Å². The highest BCUT2D eigenvalue weighted by Gasteiger charge is 2.14. The molecule has 3 N–H and O–H groups in total. The normalized spacial score (nSPS) is 10.6. The highest BCUT2D eigenvalue weighted by atomic mass is 32.1. The number of nitrogens with zero attached hydrogens (tertiary/aromatic N) is 2. The van der Waals surface area contributed by atoms with Crippen LogP contribution >= 0.6 is 22.7 Å². The first-order valence-corrected chi connectivity index (χ1v) is 9.99. The summed E-state index contributed by atoms with van der Waals surface area (Å²) in [6.07, 6.45) is 0.830. The molecule has 27 heavy (non-hydrogen) atoms. The second-order valence-electron chi connectivity index (χ2n) is 6.16. The monoisotopic (exact) mass is 401 g/mol. The summed E-state index contributed by atoms with van der Waals surface area (Å²) in [4.78, 5) is 24.8. The topological polar surface area (TPSA) is 96.0 Å². The van der Waals surface area contributed by atoms with Gasteiger partial charge in [-0.25, -0.2) is 4.79 Å². The van der Waals surface area contributed by atoms with E-state index in [2.05, 4.69) is 40.0 Å². The van der Waals surface area contributed by atoms with Crippen molar-refractivity contribution in [3.63, 3.8) is 0 Å². The molecule has 0 radical (unpaired) electrons. The first kappa shape index (κ1) is 19.0. The Morgan fingerprint density at radius 2 is 1.74 bits per heavy atom. The lowest BCUT2D eigenvalue weighted by Crippen LogP contribution is -2.18. The number of hydrogen-bond acceptors (Lipinski definition) is 6. The third kappa shape index (κ3) is 5.60. The van der Waals surface area contributed by atoms with E-state index in [-0.39, 0.29) is 11.9 Å².